The maximum atomic E-state index is 12.8. The van der Waals surface area contributed by atoms with Crippen molar-refractivity contribution in [2.75, 3.05) is 31.9 Å². The van der Waals surface area contributed by atoms with Crippen molar-refractivity contribution in [3.63, 3.8) is 0 Å². The van der Waals surface area contributed by atoms with Gasteiger partial charge in [0.1, 0.15) is 5.69 Å². The van der Waals surface area contributed by atoms with E-state index in [9.17, 15) is 4.79 Å². The molecule has 1 aliphatic rings. The Morgan fingerprint density at radius 3 is 2.62 bits per heavy atom. The summed E-state index contributed by atoms with van der Waals surface area (Å²) in [5.74, 6) is 0.281. The second-order valence-electron chi connectivity index (χ2n) is 7.03. The van der Waals surface area contributed by atoms with Gasteiger partial charge >= 0.3 is 0 Å². The number of carbonyl (C=O) groups is 1. The number of hydrogen-bond donors (Lipinski definition) is 1. The highest BCUT2D eigenvalue weighted by molar-refractivity contribution is 5.92. The molecule has 7 nitrogen and oxygen atoms in total. The van der Waals surface area contributed by atoms with Crippen molar-refractivity contribution < 1.29 is 4.79 Å². The number of nitrogen functional groups attached to an aromatic ring is 1. The first-order valence-electron chi connectivity index (χ1n) is 9.00. The Bertz CT molecular complexity index is 783. The third-order valence-electron chi connectivity index (χ3n) is 4.72. The zero-order valence-electron chi connectivity index (χ0n) is 15.6. The highest BCUT2D eigenvalue weighted by Crippen LogP contribution is 2.16. The summed E-state index contributed by atoms with van der Waals surface area (Å²) < 4.78 is 0. The van der Waals surface area contributed by atoms with Crippen LogP contribution in [0.5, 0.6) is 0 Å². The van der Waals surface area contributed by atoms with Crippen molar-refractivity contribution >= 4 is 11.9 Å². The maximum Gasteiger partial charge on any atom is 0.272 e. The number of piperazine rings is 1. The van der Waals surface area contributed by atoms with Gasteiger partial charge in [0.25, 0.3) is 5.91 Å². The number of hydrogen-bond acceptors (Lipinski definition) is 6. The summed E-state index contributed by atoms with van der Waals surface area (Å²) in [5, 5.41) is 0. The molecule has 0 unspecified atom stereocenters. The van der Waals surface area contributed by atoms with E-state index in [4.69, 9.17) is 5.73 Å². The second-order valence-corrected chi connectivity index (χ2v) is 7.03. The van der Waals surface area contributed by atoms with E-state index in [1.54, 1.807) is 6.07 Å². The number of nitrogens with zero attached hydrogens (tertiary/aromatic N) is 5. The van der Waals surface area contributed by atoms with Crippen LogP contribution >= 0.6 is 0 Å². The molecule has 2 aromatic heterocycles. The molecule has 1 fully saturated rings. The number of rotatable bonds is 4. The van der Waals surface area contributed by atoms with Gasteiger partial charge in [0.05, 0.1) is 5.69 Å². The predicted octanol–water partition coefficient (Wildman–Crippen LogP) is 1.84. The highest BCUT2D eigenvalue weighted by atomic mass is 16.2. The molecule has 3 rings (SSSR count). The molecule has 0 aromatic carbocycles. The summed E-state index contributed by atoms with van der Waals surface area (Å²) in [4.78, 5) is 29.8. The minimum atomic E-state index is -0.0744. The smallest absolute Gasteiger partial charge is 0.272 e. The molecule has 0 bridgehead atoms. The van der Waals surface area contributed by atoms with Gasteiger partial charge in [-0.05, 0) is 30.5 Å². The molecule has 138 valence electrons. The molecule has 0 atom stereocenters. The van der Waals surface area contributed by atoms with Crippen LogP contribution in [0.4, 0.5) is 5.95 Å². The summed E-state index contributed by atoms with van der Waals surface area (Å²) >= 11 is 0. The van der Waals surface area contributed by atoms with E-state index in [0.29, 0.717) is 18.8 Å². The quantitative estimate of drug-likeness (QED) is 0.901. The van der Waals surface area contributed by atoms with Gasteiger partial charge < -0.3 is 10.6 Å². The van der Waals surface area contributed by atoms with Crippen molar-refractivity contribution in [1.82, 2.24) is 24.8 Å². The summed E-state index contributed by atoms with van der Waals surface area (Å²) in [6.07, 6.45) is 1.83. The Kier molecular flexibility index (Phi) is 5.46. The molecule has 1 saturated heterocycles. The van der Waals surface area contributed by atoms with Crippen LogP contribution in [0.1, 0.15) is 47.2 Å². The van der Waals surface area contributed by atoms with E-state index < -0.39 is 0 Å². The van der Waals surface area contributed by atoms with Crippen molar-refractivity contribution in [2.24, 2.45) is 0 Å². The monoisotopic (exact) mass is 354 g/mol. The van der Waals surface area contributed by atoms with Crippen molar-refractivity contribution in [2.45, 2.75) is 33.2 Å². The first kappa shape index (κ1) is 18.3. The average molecular weight is 354 g/mol. The van der Waals surface area contributed by atoms with Crippen LogP contribution in [0.2, 0.25) is 0 Å². The fourth-order valence-corrected chi connectivity index (χ4v) is 3.06. The summed E-state index contributed by atoms with van der Waals surface area (Å²) in [5.41, 5.74) is 9.25. The van der Waals surface area contributed by atoms with Crippen molar-refractivity contribution in [1.29, 1.82) is 0 Å². The Morgan fingerprint density at radius 1 is 1.23 bits per heavy atom. The normalized spacial score (nSPS) is 15.5. The number of carbonyl (C=O) groups excluding carboxylic acids is 1. The maximum absolute atomic E-state index is 12.8. The number of aryl methyl sites for hydroxylation is 1. The molecule has 3 heterocycles. The van der Waals surface area contributed by atoms with E-state index in [-0.39, 0.29) is 17.8 Å². The van der Waals surface area contributed by atoms with Gasteiger partial charge in [-0.3, -0.25) is 14.7 Å². The highest BCUT2D eigenvalue weighted by Gasteiger charge is 2.24. The Balaban J connectivity index is 1.63. The van der Waals surface area contributed by atoms with E-state index in [2.05, 4.69) is 32.8 Å². The molecule has 0 aliphatic carbocycles. The third kappa shape index (κ3) is 4.16. The summed E-state index contributed by atoms with van der Waals surface area (Å²) in [6.45, 7) is 9.92. The van der Waals surface area contributed by atoms with E-state index in [1.165, 1.54) is 5.56 Å². The first-order chi connectivity index (χ1) is 12.4. The third-order valence-corrected chi connectivity index (χ3v) is 4.72. The Hall–Kier alpha value is -2.54. The van der Waals surface area contributed by atoms with E-state index in [0.717, 1.165) is 31.0 Å². The fraction of sp³-hybridized carbons (Fsp3) is 0.474. The number of aromatic nitrogens is 3. The van der Waals surface area contributed by atoms with Gasteiger partial charge in [-0.15, -0.1) is 0 Å². The van der Waals surface area contributed by atoms with Crippen LogP contribution in [-0.4, -0.2) is 56.8 Å². The van der Waals surface area contributed by atoms with Crippen LogP contribution in [0.3, 0.4) is 0 Å². The van der Waals surface area contributed by atoms with Crippen molar-refractivity contribution in [3.05, 3.63) is 47.0 Å². The number of nitrogens with two attached hydrogens (primary N) is 1. The minimum Gasteiger partial charge on any atom is -0.368 e. The second kappa shape index (κ2) is 7.78. The SMILES string of the molecule is Cc1cccnc1CN1CCN(C(=O)c2cc(C(C)C)nc(N)n2)CC1. The van der Waals surface area contributed by atoms with Gasteiger partial charge in [0.2, 0.25) is 5.95 Å². The molecule has 2 aromatic rings. The number of amides is 1. The molecule has 0 spiro atoms. The molecule has 0 saturated carbocycles. The van der Waals surface area contributed by atoms with Crippen LogP contribution in [0, 0.1) is 6.92 Å². The topological polar surface area (TPSA) is 88.2 Å². The van der Waals surface area contributed by atoms with Gasteiger partial charge in [-0.2, -0.15) is 0 Å². The molecule has 26 heavy (non-hydrogen) atoms. The fourth-order valence-electron chi connectivity index (χ4n) is 3.06. The minimum absolute atomic E-state index is 0.0744. The zero-order chi connectivity index (χ0) is 18.7. The molecule has 1 amide bonds. The number of anilines is 1. The molecule has 0 radical (unpaired) electrons. The van der Waals surface area contributed by atoms with E-state index >= 15 is 0 Å². The van der Waals surface area contributed by atoms with Gasteiger partial charge in [-0.25, -0.2) is 9.97 Å². The van der Waals surface area contributed by atoms with Crippen LogP contribution < -0.4 is 5.73 Å². The molecule has 1 aliphatic heterocycles. The molecular weight excluding hydrogens is 328 g/mol. The Morgan fingerprint density at radius 2 is 1.96 bits per heavy atom. The lowest BCUT2D eigenvalue weighted by Crippen LogP contribution is -2.48. The molecular formula is C19H26N6O. The average Bonchev–Trinajstić information content (AvgIpc) is 2.63. The predicted molar refractivity (Wildman–Crippen MR) is 101 cm³/mol. The lowest BCUT2D eigenvalue weighted by molar-refractivity contribution is 0.0621. The summed E-state index contributed by atoms with van der Waals surface area (Å²) in [6, 6.07) is 5.79. The largest absolute Gasteiger partial charge is 0.368 e. The first-order valence-corrected chi connectivity index (χ1v) is 9.00. The van der Waals surface area contributed by atoms with Gasteiger partial charge in [0.15, 0.2) is 0 Å². The summed E-state index contributed by atoms with van der Waals surface area (Å²) in [7, 11) is 0. The lowest BCUT2D eigenvalue weighted by atomic mass is 10.1. The molecule has 2 N–H and O–H groups in total. The molecule has 7 heteroatoms. The van der Waals surface area contributed by atoms with Crippen LogP contribution in [0.25, 0.3) is 0 Å². The van der Waals surface area contributed by atoms with Crippen molar-refractivity contribution in [3.8, 4) is 0 Å². The zero-order valence-corrected chi connectivity index (χ0v) is 15.6. The lowest BCUT2D eigenvalue weighted by Gasteiger charge is -2.34. The van der Waals surface area contributed by atoms with Crippen LogP contribution in [-0.2, 0) is 6.54 Å². The van der Waals surface area contributed by atoms with E-state index in [1.807, 2.05) is 31.0 Å². The Labute approximate surface area is 154 Å². The standard InChI is InChI=1S/C19H26N6O/c1-13(2)15-11-16(23-19(20)22-15)18(26)25-9-7-24(8-10-25)12-17-14(3)5-4-6-21-17/h4-6,11,13H,7-10,12H2,1-3H3,(H2,20,22,23). The van der Waals surface area contributed by atoms with Crippen LogP contribution in [0.15, 0.2) is 24.4 Å². The van der Waals surface area contributed by atoms with Gasteiger partial charge in [-0.1, -0.05) is 19.9 Å². The van der Waals surface area contributed by atoms with Gasteiger partial charge in [0, 0.05) is 44.6 Å². The number of pyridine rings is 1.